The molecule has 5 aromatic carbocycles. The highest BCUT2D eigenvalue weighted by Gasteiger charge is 2.69. The summed E-state index contributed by atoms with van der Waals surface area (Å²) in [5.41, 5.74) is -0.346. The number of hydrogen-bond acceptors (Lipinski definition) is 10. The van der Waals surface area contributed by atoms with E-state index in [0.717, 1.165) is 16.7 Å². The first kappa shape index (κ1) is 43.7. The van der Waals surface area contributed by atoms with Crippen molar-refractivity contribution in [2.75, 3.05) is 32.7 Å². The molecule has 0 radical (unpaired) electrons. The average molecular weight is 887 g/mol. The highest BCUT2D eigenvalue weighted by atomic mass is 32.2. The summed E-state index contributed by atoms with van der Waals surface area (Å²) in [5, 5.41) is 2.75. The van der Waals surface area contributed by atoms with Crippen LogP contribution in [0.15, 0.2) is 155 Å². The van der Waals surface area contributed by atoms with Crippen molar-refractivity contribution in [1.82, 2.24) is 13.9 Å². The van der Waals surface area contributed by atoms with Gasteiger partial charge in [-0.3, -0.25) is 9.36 Å². The van der Waals surface area contributed by atoms with Crippen LogP contribution >= 0.6 is 0 Å². The summed E-state index contributed by atoms with van der Waals surface area (Å²) in [6.45, 7) is 7.45. The van der Waals surface area contributed by atoms with Gasteiger partial charge in [-0.05, 0) is 91.8 Å². The zero-order valence-electron chi connectivity index (χ0n) is 35.9. The van der Waals surface area contributed by atoms with Gasteiger partial charge < -0.3 is 28.7 Å². The van der Waals surface area contributed by atoms with Crippen molar-refractivity contribution in [3.63, 3.8) is 0 Å². The summed E-state index contributed by atoms with van der Waals surface area (Å²) in [5.74, 6) is 0.941. The standard InChI is InChI=1S/C48H50N4O9SSi/c1-33-30-51(46(54)50-43(33)49-44(53)34-16-10-7-11-17-34)45-41-42(61-63(4,5)6)47(60-45,31-52(41)62(55,56)40-20-14-9-15-21-40)32-59-48(35-18-12-8-13-19-35,36-22-26-38(57-2)27-23-36)37-24-28-39(58-3)29-25-37/h7-30,41-42,45H,31-32H2,1-6H3,(H,49,50,53,54)/t41-,42+,45-,47-/m1/s1. The van der Waals surface area contributed by atoms with Gasteiger partial charge >= 0.3 is 5.69 Å². The maximum atomic E-state index is 14.9. The van der Waals surface area contributed by atoms with Crippen molar-refractivity contribution < 1.29 is 36.6 Å². The Balaban J connectivity index is 1.29. The van der Waals surface area contributed by atoms with Crippen LogP contribution in [0.25, 0.3) is 0 Å². The van der Waals surface area contributed by atoms with Crippen molar-refractivity contribution in [2.45, 2.75) is 61.0 Å². The van der Waals surface area contributed by atoms with E-state index in [9.17, 15) is 18.0 Å². The fourth-order valence-corrected chi connectivity index (χ4v) is 11.3. The SMILES string of the molecule is COc1ccc(C(OC[C@@]23CN(S(=O)(=O)c4ccccc4)[C@@H]([C@H](n4cc(C)c(NC(=O)c5ccccc5)nc4=O)O2)[C@@H]3O[Si](C)(C)C)(c2ccccc2)c2ccc(OC)cc2)cc1. The highest BCUT2D eigenvalue weighted by molar-refractivity contribution is 7.89. The number of hydrogen-bond donors (Lipinski definition) is 1. The lowest BCUT2D eigenvalue weighted by Gasteiger charge is -2.41. The number of rotatable bonds is 15. The topological polar surface area (TPSA) is 148 Å². The lowest BCUT2D eigenvalue weighted by molar-refractivity contribution is -0.169. The zero-order chi connectivity index (χ0) is 44.6. The van der Waals surface area contributed by atoms with Crippen LogP contribution in [0.1, 0.15) is 38.8 Å². The van der Waals surface area contributed by atoms with Gasteiger partial charge in [0.05, 0.1) is 37.9 Å². The van der Waals surface area contributed by atoms with Crippen LogP contribution in [0.3, 0.4) is 0 Å². The quantitative estimate of drug-likeness (QED) is 0.0818. The minimum absolute atomic E-state index is 0.0709. The van der Waals surface area contributed by atoms with Crippen LogP contribution in [-0.2, 0) is 29.5 Å². The molecule has 6 aromatic rings. The summed E-state index contributed by atoms with van der Waals surface area (Å²) in [6, 6.07) is 40.7. The number of anilines is 1. The van der Waals surface area contributed by atoms with Crippen molar-refractivity contribution in [3.8, 4) is 11.5 Å². The molecule has 1 aromatic heterocycles. The van der Waals surface area contributed by atoms with Gasteiger partial charge in [-0.2, -0.15) is 9.29 Å². The van der Waals surface area contributed by atoms with Gasteiger partial charge in [0, 0.05) is 23.9 Å². The number of sulfonamides is 1. The first-order valence-electron chi connectivity index (χ1n) is 20.6. The van der Waals surface area contributed by atoms with Gasteiger partial charge in [0.25, 0.3) is 5.91 Å². The normalized spacial score (nSPS) is 20.1. The molecule has 2 saturated heterocycles. The molecule has 15 heteroatoms. The van der Waals surface area contributed by atoms with E-state index in [1.807, 2.05) is 98.5 Å². The number of methoxy groups -OCH3 is 2. The number of benzene rings is 5. The number of aryl methyl sites for hydroxylation is 1. The third kappa shape index (κ3) is 8.35. The maximum absolute atomic E-state index is 14.9. The van der Waals surface area contributed by atoms with Gasteiger partial charge in [-0.25, -0.2) is 13.2 Å². The molecule has 1 amide bonds. The van der Waals surface area contributed by atoms with Crippen LogP contribution < -0.4 is 20.5 Å². The minimum atomic E-state index is -4.23. The number of carbonyl (C=O) groups is 1. The predicted octanol–water partition coefficient (Wildman–Crippen LogP) is 7.39. The molecule has 2 bridgehead atoms. The van der Waals surface area contributed by atoms with Crippen molar-refractivity contribution in [3.05, 3.63) is 184 Å². The molecule has 3 heterocycles. The Kier molecular flexibility index (Phi) is 12.0. The van der Waals surface area contributed by atoms with Crippen molar-refractivity contribution in [2.24, 2.45) is 0 Å². The lowest BCUT2D eigenvalue weighted by atomic mass is 9.79. The Hall–Kier alpha value is -5.94. The second-order valence-corrected chi connectivity index (χ2v) is 23.0. The second-order valence-electron chi connectivity index (χ2n) is 16.7. The molecular weight excluding hydrogens is 837 g/mol. The van der Waals surface area contributed by atoms with E-state index in [4.69, 9.17) is 23.4 Å². The number of fused-ring (bicyclic) bond motifs is 2. The molecule has 0 saturated carbocycles. The monoisotopic (exact) mass is 886 g/mol. The van der Waals surface area contributed by atoms with Gasteiger partial charge in [-0.15, -0.1) is 0 Å². The molecule has 0 spiro atoms. The number of nitrogens with one attached hydrogen (secondary N) is 1. The Morgan fingerprint density at radius 3 is 1.87 bits per heavy atom. The summed E-state index contributed by atoms with van der Waals surface area (Å²) < 4.78 is 65.2. The molecule has 0 aliphatic carbocycles. The number of aromatic nitrogens is 2. The Morgan fingerprint density at radius 1 is 0.810 bits per heavy atom. The maximum Gasteiger partial charge on any atom is 0.351 e. The second kappa shape index (κ2) is 17.3. The first-order valence-corrected chi connectivity index (χ1v) is 25.4. The van der Waals surface area contributed by atoms with Gasteiger partial charge in [0.15, 0.2) is 14.5 Å². The van der Waals surface area contributed by atoms with E-state index >= 15 is 0 Å². The van der Waals surface area contributed by atoms with Crippen molar-refractivity contribution in [1.29, 1.82) is 0 Å². The Bertz CT molecular complexity index is 2690. The average Bonchev–Trinajstić information content (AvgIpc) is 3.76. The fourth-order valence-electron chi connectivity index (χ4n) is 8.49. The Morgan fingerprint density at radius 2 is 1.33 bits per heavy atom. The summed E-state index contributed by atoms with van der Waals surface area (Å²) >= 11 is 0. The van der Waals surface area contributed by atoms with Crippen LogP contribution in [0.4, 0.5) is 5.82 Å². The van der Waals surface area contributed by atoms with Gasteiger partial charge in [-0.1, -0.05) is 91.0 Å². The molecule has 63 heavy (non-hydrogen) atoms. The lowest BCUT2D eigenvalue weighted by Crippen LogP contribution is -2.53. The molecule has 0 unspecified atom stereocenters. The molecule has 13 nitrogen and oxygen atoms in total. The third-order valence-electron chi connectivity index (χ3n) is 11.4. The molecule has 1 N–H and O–H groups in total. The molecule has 2 aliphatic heterocycles. The molecular formula is C48H50N4O9SSi. The number of carbonyl (C=O) groups excluding carboxylic acids is 1. The number of nitrogens with zero attached hydrogens (tertiary/aromatic N) is 3. The van der Waals surface area contributed by atoms with Gasteiger partial charge in [0.1, 0.15) is 28.5 Å². The number of amides is 1. The Labute approximate surface area is 368 Å². The number of morpholine rings is 1. The summed E-state index contributed by atoms with van der Waals surface area (Å²) in [4.78, 5) is 31.8. The predicted molar refractivity (Wildman–Crippen MR) is 241 cm³/mol. The number of ether oxygens (including phenoxy) is 4. The molecule has 2 fully saturated rings. The van der Waals surface area contributed by atoms with Crippen LogP contribution in [0, 0.1) is 6.92 Å². The first-order chi connectivity index (χ1) is 30.2. The molecule has 8 rings (SSSR count). The largest absolute Gasteiger partial charge is 0.497 e. The van der Waals surface area contributed by atoms with E-state index in [2.05, 4.69) is 10.3 Å². The minimum Gasteiger partial charge on any atom is -0.497 e. The highest BCUT2D eigenvalue weighted by Crippen LogP contribution is 2.52. The van der Waals surface area contributed by atoms with E-state index < -0.39 is 59.5 Å². The fraction of sp³-hybridized carbons (Fsp3) is 0.271. The van der Waals surface area contributed by atoms with E-state index in [-0.39, 0.29) is 23.9 Å². The van der Waals surface area contributed by atoms with Crippen molar-refractivity contribution >= 4 is 30.1 Å². The van der Waals surface area contributed by atoms with Crippen LogP contribution in [0.2, 0.25) is 19.6 Å². The van der Waals surface area contributed by atoms with E-state index in [1.165, 1.54) is 15.1 Å². The zero-order valence-corrected chi connectivity index (χ0v) is 37.7. The molecule has 2 aliphatic rings. The smallest absolute Gasteiger partial charge is 0.351 e. The van der Waals surface area contributed by atoms with Crippen LogP contribution in [0.5, 0.6) is 11.5 Å². The van der Waals surface area contributed by atoms with E-state index in [0.29, 0.717) is 22.6 Å². The molecule has 326 valence electrons. The van der Waals surface area contributed by atoms with Crippen LogP contribution in [-0.4, -0.2) is 81.6 Å². The van der Waals surface area contributed by atoms with Gasteiger partial charge in [0.2, 0.25) is 10.0 Å². The summed E-state index contributed by atoms with van der Waals surface area (Å²) in [7, 11) is -3.54. The van der Waals surface area contributed by atoms with E-state index in [1.54, 1.807) is 81.8 Å². The molecule has 4 atom stereocenters. The third-order valence-corrected chi connectivity index (χ3v) is 14.3. The summed E-state index contributed by atoms with van der Waals surface area (Å²) in [6.07, 6.45) is -0.581.